The molecule has 1 amide bonds. The minimum atomic E-state index is -4.70. The quantitative estimate of drug-likeness (QED) is 0.769. The molecule has 140 valence electrons. The van der Waals surface area contributed by atoms with Gasteiger partial charge in [0, 0.05) is 17.0 Å². The number of benzene rings is 1. The number of nitrogens with zero attached hydrogens (tertiary/aromatic N) is 1. The van der Waals surface area contributed by atoms with Crippen LogP contribution in [0.2, 0.25) is 0 Å². The molecular formula is C18H18F4N2OS. The summed E-state index contributed by atoms with van der Waals surface area (Å²) in [6, 6.07) is 5.75. The van der Waals surface area contributed by atoms with E-state index in [1.807, 2.05) is 17.5 Å². The van der Waals surface area contributed by atoms with E-state index in [0.29, 0.717) is 12.1 Å². The Balaban J connectivity index is 1.73. The van der Waals surface area contributed by atoms with Crippen LogP contribution < -0.4 is 5.32 Å². The molecule has 3 rings (SSSR count). The Morgan fingerprint density at radius 2 is 1.96 bits per heavy atom. The number of carbonyl (C=O) groups is 1. The number of nitrogens with one attached hydrogen (secondary N) is 1. The Morgan fingerprint density at radius 1 is 1.23 bits per heavy atom. The van der Waals surface area contributed by atoms with Gasteiger partial charge in [-0.05, 0) is 55.6 Å². The van der Waals surface area contributed by atoms with E-state index in [-0.39, 0.29) is 18.2 Å². The second kappa shape index (κ2) is 7.75. The summed E-state index contributed by atoms with van der Waals surface area (Å²) in [6.45, 7) is 2.09. The summed E-state index contributed by atoms with van der Waals surface area (Å²) in [7, 11) is 0. The molecule has 1 fully saturated rings. The number of halogens is 4. The molecule has 0 spiro atoms. The zero-order valence-electron chi connectivity index (χ0n) is 13.9. The van der Waals surface area contributed by atoms with Crippen LogP contribution in [0.4, 0.5) is 17.6 Å². The lowest BCUT2D eigenvalue weighted by atomic mass is 10.1. The monoisotopic (exact) mass is 386 g/mol. The first-order chi connectivity index (χ1) is 12.3. The highest BCUT2D eigenvalue weighted by Gasteiger charge is 2.32. The Morgan fingerprint density at radius 3 is 2.58 bits per heavy atom. The van der Waals surface area contributed by atoms with Crippen molar-refractivity contribution in [3.63, 3.8) is 0 Å². The average Bonchev–Trinajstić information content (AvgIpc) is 3.27. The van der Waals surface area contributed by atoms with Crippen molar-refractivity contribution in [2.75, 3.05) is 19.6 Å². The zero-order chi connectivity index (χ0) is 18.7. The molecule has 0 radical (unpaired) electrons. The minimum absolute atomic E-state index is 0.0305. The van der Waals surface area contributed by atoms with Gasteiger partial charge in [-0.2, -0.15) is 13.2 Å². The second-order valence-electron chi connectivity index (χ2n) is 6.21. The highest BCUT2D eigenvalue weighted by molar-refractivity contribution is 7.10. The number of amides is 1. The van der Waals surface area contributed by atoms with Gasteiger partial charge in [0.05, 0.1) is 11.6 Å². The molecule has 0 bridgehead atoms. The van der Waals surface area contributed by atoms with Crippen molar-refractivity contribution in [1.82, 2.24) is 10.2 Å². The summed E-state index contributed by atoms with van der Waals surface area (Å²) in [4.78, 5) is 15.6. The smallest absolute Gasteiger partial charge is 0.350 e. The van der Waals surface area contributed by atoms with Gasteiger partial charge in [0.2, 0.25) is 0 Å². The first-order valence-corrected chi connectivity index (χ1v) is 9.16. The molecule has 1 aliphatic rings. The normalized spacial score (nSPS) is 16.6. The molecule has 1 N–H and O–H groups in total. The van der Waals surface area contributed by atoms with Crippen LogP contribution >= 0.6 is 11.3 Å². The van der Waals surface area contributed by atoms with E-state index < -0.39 is 23.5 Å². The van der Waals surface area contributed by atoms with Crippen molar-refractivity contribution in [2.24, 2.45) is 0 Å². The van der Waals surface area contributed by atoms with Gasteiger partial charge in [0.1, 0.15) is 5.82 Å². The maximum atomic E-state index is 13.5. The molecular weight excluding hydrogens is 368 g/mol. The largest absolute Gasteiger partial charge is 0.416 e. The van der Waals surface area contributed by atoms with Crippen molar-refractivity contribution in [2.45, 2.75) is 25.1 Å². The van der Waals surface area contributed by atoms with Gasteiger partial charge in [-0.15, -0.1) is 11.3 Å². The van der Waals surface area contributed by atoms with E-state index in [0.717, 1.165) is 36.9 Å². The van der Waals surface area contributed by atoms with Crippen LogP contribution in [0.5, 0.6) is 0 Å². The third-order valence-electron chi connectivity index (χ3n) is 4.40. The van der Waals surface area contributed by atoms with E-state index in [4.69, 9.17) is 0 Å². The van der Waals surface area contributed by atoms with Crippen LogP contribution in [-0.2, 0) is 6.18 Å². The van der Waals surface area contributed by atoms with Gasteiger partial charge in [0.25, 0.3) is 5.91 Å². The van der Waals surface area contributed by atoms with Crippen LogP contribution in [0, 0.1) is 5.82 Å². The van der Waals surface area contributed by atoms with E-state index in [1.54, 1.807) is 11.3 Å². The van der Waals surface area contributed by atoms with E-state index in [9.17, 15) is 22.4 Å². The highest BCUT2D eigenvalue weighted by Crippen LogP contribution is 2.31. The molecule has 0 saturated carbocycles. The van der Waals surface area contributed by atoms with Gasteiger partial charge in [-0.25, -0.2) is 4.39 Å². The second-order valence-corrected chi connectivity index (χ2v) is 7.19. The summed E-state index contributed by atoms with van der Waals surface area (Å²) in [5.74, 6) is -1.80. The molecule has 26 heavy (non-hydrogen) atoms. The van der Waals surface area contributed by atoms with Crippen LogP contribution in [0.3, 0.4) is 0 Å². The molecule has 2 heterocycles. The molecule has 1 aromatic carbocycles. The average molecular weight is 386 g/mol. The Hall–Kier alpha value is -1.93. The number of hydrogen-bond donors (Lipinski definition) is 1. The first kappa shape index (κ1) is 18.8. The van der Waals surface area contributed by atoms with Gasteiger partial charge >= 0.3 is 6.18 Å². The number of hydrogen-bond acceptors (Lipinski definition) is 3. The van der Waals surface area contributed by atoms with Gasteiger partial charge in [0.15, 0.2) is 0 Å². The number of alkyl halides is 3. The predicted octanol–water partition coefficient (Wildman–Crippen LogP) is 4.47. The summed E-state index contributed by atoms with van der Waals surface area (Å²) < 4.78 is 51.9. The Labute approximate surface area is 152 Å². The molecule has 8 heteroatoms. The number of thiophene rings is 1. The fourth-order valence-corrected chi connectivity index (χ4v) is 3.98. The number of rotatable bonds is 5. The third-order valence-corrected chi connectivity index (χ3v) is 5.37. The molecule has 1 aromatic heterocycles. The molecule has 3 nitrogen and oxygen atoms in total. The lowest BCUT2D eigenvalue weighted by Crippen LogP contribution is -2.36. The molecule has 2 aromatic rings. The topological polar surface area (TPSA) is 32.3 Å². The SMILES string of the molecule is O=C(NCC(c1cccs1)N1CCCC1)c1cc(F)cc(C(F)(F)F)c1. The molecule has 0 aliphatic carbocycles. The first-order valence-electron chi connectivity index (χ1n) is 8.28. The van der Waals surface area contributed by atoms with Gasteiger partial charge in [-0.3, -0.25) is 9.69 Å². The van der Waals surface area contributed by atoms with Crippen LogP contribution in [0.15, 0.2) is 35.7 Å². The van der Waals surface area contributed by atoms with Crippen molar-refractivity contribution in [3.05, 3.63) is 57.5 Å². The van der Waals surface area contributed by atoms with E-state index in [2.05, 4.69) is 10.2 Å². The molecule has 1 saturated heterocycles. The maximum Gasteiger partial charge on any atom is 0.416 e. The van der Waals surface area contributed by atoms with Crippen molar-refractivity contribution >= 4 is 17.2 Å². The summed E-state index contributed by atoms with van der Waals surface area (Å²) in [5.41, 5.74) is -1.50. The molecule has 1 unspecified atom stereocenters. The van der Waals surface area contributed by atoms with Crippen molar-refractivity contribution < 1.29 is 22.4 Å². The Bertz CT molecular complexity index is 755. The van der Waals surface area contributed by atoms with Crippen LogP contribution in [0.25, 0.3) is 0 Å². The van der Waals surface area contributed by atoms with E-state index in [1.165, 1.54) is 0 Å². The van der Waals surface area contributed by atoms with Gasteiger partial charge in [-0.1, -0.05) is 6.07 Å². The standard InChI is InChI=1S/C18H18F4N2OS/c19-14-9-12(8-13(10-14)18(20,21)22)17(25)23-11-15(16-4-3-7-26-16)24-5-1-2-6-24/h3-4,7-10,15H,1-2,5-6,11H2,(H,23,25). The summed E-state index contributed by atoms with van der Waals surface area (Å²) in [5, 5.41) is 4.61. The molecule has 1 aliphatic heterocycles. The fraction of sp³-hybridized carbons (Fsp3) is 0.389. The third kappa shape index (κ3) is 4.42. The van der Waals surface area contributed by atoms with Gasteiger partial charge < -0.3 is 5.32 Å². The summed E-state index contributed by atoms with van der Waals surface area (Å²) >= 11 is 1.57. The number of likely N-dealkylation sites (tertiary alicyclic amines) is 1. The highest BCUT2D eigenvalue weighted by atomic mass is 32.1. The van der Waals surface area contributed by atoms with E-state index >= 15 is 0 Å². The predicted molar refractivity (Wildman–Crippen MR) is 91.6 cm³/mol. The van der Waals surface area contributed by atoms with Crippen LogP contribution in [-0.4, -0.2) is 30.4 Å². The van der Waals surface area contributed by atoms with Crippen molar-refractivity contribution in [1.29, 1.82) is 0 Å². The molecule has 1 atom stereocenters. The lowest BCUT2D eigenvalue weighted by molar-refractivity contribution is -0.137. The summed E-state index contributed by atoms with van der Waals surface area (Å²) in [6.07, 6.45) is -2.55. The lowest BCUT2D eigenvalue weighted by Gasteiger charge is -2.27. The maximum absolute atomic E-state index is 13.5. The van der Waals surface area contributed by atoms with Crippen molar-refractivity contribution in [3.8, 4) is 0 Å². The fourth-order valence-electron chi connectivity index (χ4n) is 3.12. The zero-order valence-corrected chi connectivity index (χ0v) is 14.7. The Kier molecular flexibility index (Phi) is 5.62. The van der Waals surface area contributed by atoms with Crippen LogP contribution in [0.1, 0.15) is 39.7 Å². The number of carbonyl (C=O) groups excluding carboxylic acids is 1. The minimum Gasteiger partial charge on any atom is -0.350 e.